The van der Waals surface area contributed by atoms with E-state index in [4.69, 9.17) is 0 Å². The van der Waals surface area contributed by atoms with Crippen LogP contribution in [0, 0.1) is 38.5 Å². The van der Waals surface area contributed by atoms with Gasteiger partial charge in [0, 0.05) is 0 Å². The topological polar surface area (TPSA) is 0 Å². The monoisotopic (exact) mass is 374 g/mol. The van der Waals surface area contributed by atoms with E-state index in [9.17, 15) is 0 Å². The van der Waals surface area contributed by atoms with Crippen LogP contribution in [0.4, 0.5) is 0 Å². The van der Waals surface area contributed by atoms with E-state index in [1.165, 1.54) is 79.2 Å². The van der Waals surface area contributed by atoms with Crippen molar-refractivity contribution < 1.29 is 0 Å². The minimum Gasteiger partial charge on any atom is -0.0625 e. The van der Waals surface area contributed by atoms with Gasteiger partial charge in [-0.3, -0.25) is 0 Å². The maximum absolute atomic E-state index is 2.44. The van der Waals surface area contributed by atoms with Crippen molar-refractivity contribution >= 4 is 0 Å². The first-order valence-electron chi connectivity index (χ1n) is 11.7. The van der Waals surface area contributed by atoms with E-state index in [-0.39, 0.29) is 0 Å². The first-order valence-corrected chi connectivity index (χ1v) is 11.7. The zero-order valence-electron chi connectivity index (χ0n) is 18.4. The van der Waals surface area contributed by atoms with Crippen molar-refractivity contribution in [2.24, 2.45) is 17.8 Å². The third kappa shape index (κ3) is 4.07. The lowest BCUT2D eigenvalue weighted by atomic mass is 9.68. The molecule has 2 aliphatic rings. The molecule has 2 fully saturated rings. The van der Waals surface area contributed by atoms with Crippen LogP contribution < -0.4 is 0 Å². The summed E-state index contributed by atoms with van der Waals surface area (Å²) in [5, 5.41) is 0. The number of rotatable bonds is 3. The van der Waals surface area contributed by atoms with E-state index in [0.29, 0.717) is 0 Å². The highest BCUT2D eigenvalue weighted by atomic mass is 14.4. The highest BCUT2D eigenvalue weighted by Crippen LogP contribution is 2.44. The average molecular weight is 375 g/mol. The summed E-state index contributed by atoms with van der Waals surface area (Å²) in [5.41, 5.74) is 8.58. The van der Waals surface area contributed by atoms with Crippen LogP contribution in [0.5, 0.6) is 0 Å². The zero-order chi connectivity index (χ0) is 19.7. The number of benzene rings is 2. The van der Waals surface area contributed by atoms with Gasteiger partial charge < -0.3 is 0 Å². The Balaban J connectivity index is 1.39. The maximum atomic E-state index is 2.44. The van der Waals surface area contributed by atoms with E-state index < -0.39 is 0 Å². The normalized spacial score (nSPS) is 28.3. The van der Waals surface area contributed by atoms with E-state index in [2.05, 4.69) is 64.1 Å². The first kappa shape index (κ1) is 19.7. The Hall–Kier alpha value is -1.56. The molecule has 2 saturated carbocycles. The Morgan fingerprint density at radius 2 is 1.18 bits per heavy atom. The van der Waals surface area contributed by atoms with Crippen LogP contribution in [0.25, 0.3) is 11.1 Å². The van der Waals surface area contributed by atoms with E-state index in [0.717, 1.165) is 23.7 Å². The van der Waals surface area contributed by atoms with Crippen molar-refractivity contribution in [3.63, 3.8) is 0 Å². The largest absolute Gasteiger partial charge is 0.0625 e. The fraction of sp³-hybridized carbons (Fsp3) is 0.571. The van der Waals surface area contributed by atoms with Gasteiger partial charge in [-0.25, -0.2) is 0 Å². The molecule has 28 heavy (non-hydrogen) atoms. The van der Waals surface area contributed by atoms with Crippen LogP contribution in [0.3, 0.4) is 0 Å². The smallest absolute Gasteiger partial charge is 0.0152 e. The minimum absolute atomic E-state index is 0.786. The zero-order valence-corrected chi connectivity index (χ0v) is 18.4. The summed E-state index contributed by atoms with van der Waals surface area (Å²) < 4.78 is 0. The fourth-order valence-electron chi connectivity index (χ4n) is 5.88. The van der Waals surface area contributed by atoms with Crippen LogP contribution in [-0.4, -0.2) is 0 Å². The summed E-state index contributed by atoms with van der Waals surface area (Å²) in [6.45, 7) is 9.16. The summed E-state index contributed by atoms with van der Waals surface area (Å²) in [4.78, 5) is 0. The molecule has 0 N–H and O–H groups in total. The van der Waals surface area contributed by atoms with Gasteiger partial charge in [0.15, 0.2) is 0 Å². The van der Waals surface area contributed by atoms with Gasteiger partial charge >= 0.3 is 0 Å². The maximum Gasteiger partial charge on any atom is -0.0152 e. The predicted molar refractivity (Wildman–Crippen MR) is 122 cm³/mol. The second-order valence-corrected chi connectivity index (χ2v) is 9.93. The molecule has 0 aliphatic heterocycles. The molecule has 0 aromatic heterocycles. The van der Waals surface area contributed by atoms with Gasteiger partial charge in [-0.05, 0) is 116 Å². The highest BCUT2D eigenvalue weighted by Gasteiger charge is 2.30. The SMILES string of the molecule is Cc1ccc(-c2ccc(C3CCC(C4CCC(C)CC4)CC3)cc2)c(C)c1C. The van der Waals surface area contributed by atoms with Gasteiger partial charge in [0.2, 0.25) is 0 Å². The van der Waals surface area contributed by atoms with Gasteiger partial charge in [0.25, 0.3) is 0 Å². The third-order valence-corrected chi connectivity index (χ3v) is 8.25. The second kappa shape index (κ2) is 8.44. The molecule has 0 nitrogen and oxygen atoms in total. The van der Waals surface area contributed by atoms with E-state index in [1.807, 2.05) is 0 Å². The summed E-state index contributed by atoms with van der Waals surface area (Å²) in [7, 11) is 0. The molecular weight excluding hydrogens is 336 g/mol. The summed E-state index contributed by atoms with van der Waals surface area (Å²) in [6.07, 6.45) is 11.7. The Kier molecular flexibility index (Phi) is 5.95. The number of aryl methyl sites for hydroxylation is 1. The molecule has 2 aromatic carbocycles. The van der Waals surface area contributed by atoms with Crippen molar-refractivity contribution in [2.45, 2.75) is 85.0 Å². The Morgan fingerprint density at radius 1 is 0.607 bits per heavy atom. The van der Waals surface area contributed by atoms with E-state index >= 15 is 0 Å². The minimum atomic E-state index is 0.786. The van der Waals surface area contributed by atoms with Gasteiger partial charge in [-0.2, -0.15) is 0 Å². The molecular formula is C28H38. The lowest BCUT2D eigenvalue weighted by molar-refractivity contribution is 0.165. The van der Waals surface area contributed by atoms with Crippen molar-refractivity contribution in [2.75, 3.05) is 0 Å². The standard InChI is InChI=1S/C28H38/c1-19-5-8-23(9-6-19)24-10-12-25(13-11-24)26-14-16-27(17-15-26)28-18-7-20(2)21(3)22(28)4/h7,14-19,23-25H,5-6,8-13H2,1-4H3. The quantitative estimate of drug-likeness (QED) is 0.506. The Labute approximate surface area is 172 Å². The predicted octanol–water partition coefficient (Wildman–Crippen LogP) is 8.38. The van der Waals surface area contributed by atoms with Gasteiger partial charge in [0.1, 0.15) is 0 Å². The molecule has 0 atom stereocenters. The molecule has 0 heterocycles. The van der Waals surface area contributed by atoms with Crippen LogP contribution in [0.2, 0.25) is 0 Å². The molecule has 2 aliphatic carbocycles. The lowest BCUT2D eigenvalue weighted by Gasteiger charge is -2.37. The molecule has 0 spiro atoms. The molecule has 0 heteroatoms. The molecule has 4 rings (SSSR count). The second-order valence-electron chi connectivity index (χ2n) is 9.93. The van der Waals surface area contributed by atoms with Crippen LogP contribution in [0.15, 0.2) is 36.4 Å². The highest BCUT2D eigenvalue weighted by molar-refractivity contribution is 5.69. The van der Waals surface area contributed by atoms with Gasteiger partial charge in [-0.1, -0.05) is 56.2 Å². The summed E-state index contributed by atoms with van der Waals surface area (Å²) in [5.74, 6) is 3.81. The van der Waals surface area contributed by atoms with Gasteiger partial charge in [0.05, 0.1) is 0 Å². The molecule has 0 radical (unpaired) electrons. The Bertz CT molecular complexity index is 782. The Morgan fingerprint density at radius 3 is 1.79 bits per heavy atom. The molecule has 0 bridgehead atoms. The third-order valence-electron chi connectivity index (χ3n) is 8.25. The van der Waals surface area contributed by atoms with Crippen molar-refractivity contribution in [1.82, 2.24) is 0 Å². The summed E-state index contributed by atoms with van der Waals surface area (Å²) >= 11 is 0. The molecule has 2 aromatic rings. The molecule has 0 unspecified atom stereocenters. The number of hydrogen-bond acceptors (Lipinski definition) is 0. The number of hydrogen-bond donors (Lipinski definition) is 0. The first-order chi connectivity index (χ1) is 13.5. The van der Waals surface area contributed by atoms with Crippen molar-refractivity contribution in [1.29, 1.82) is 0 Å². The average Bonchev–Trinajstić information content (AvgIpc) is 2.73. The van der Waals surface area contributed by atoms with E-state index in [1.54, 1.807) is 5.56 Å². The molecule has 150 valence electrons. The van der Waals surface area contributed by atoms with Crippen LogP contribution in [-0.2, 0) is 0 Å². The summed E-state index contributed by atoms with van der Waals surface area (Å²) in [6, 6.07) is 14.1. The molecule has 0 amide bonds. The van der Waals surface area contributed by atoms with Gasteiger partial charge in [-0.15, -0.1) is 0 Å². The van der Waals surface area contributed by atoms with Crippen LogP contribution >= 0.6 is 0 Å². The van der Waals surface area contributed by atoms with Crippen molar-refractivity contribution in [3.05, 3.63) is 58.7 Å². The van der Waals surface area contributed by atoms with Crippen LogP contribution in [0.1, 0.15) is 86.5 Å². The molecule has 0 saturated heterocycles. The van der Waals surface area contributed by atoms with Crippen molar-refractivity contribution in [3.8, 4) is 11.1 Å². The lowest BCUT2D eigenvalue weighted by Crippen LogP contribution is -2.24. The fourth-order valence-corrected chi connectivity index (χ4v) is 5.88.